The quantitative estimate of drug-likeness (QED) is 0.707. The smallest absolute Gasteiger partial charge is 0.139 e. The molecule has 4 fully saturated rings. The zero-order chi connectivity index (χ0) is 15.5. The molecule has 0 aliphatic heterocycles. The van der Waals surface area contributed by atoms with Gasteiger partial charge in [-0.25, -0.2) is 0 Å². The van der Waals surface area contributed by atoms with E-state index >= 15 is 0 Å². The Kier molecular flexibility index (Phi) is 3.49. The summed E-state index contributed by atoms with van der Waals surface area (Å²) in [5.41, 5.74) is 0.495. The molecule has 0 N–H and O–H groups in total. The van der Waals surface area contributed by atoms with Crippen molar-refractivity contribution in [1.82, 2.24) is 0 Å². The minimum absolute atomic E-state index is 0.0275. The van der Waals surface area contributed by atoms with Crippen LogP contribution in [0.3, 0.4) is 0 Å². The second-order valence-electron chi connectivity index (χ2n) is 9.21. The minimum Gasteiger partial charge on any atom is -0.381 e. The maximum atomic E-state index is 12.4. The SMILES string of the molecule is COC1CCC2CCC3C4CCC(=O)C4(C)CCC3C2(C)C1. The monoisotopic (exact) mass is 304 g/mol. The first-order chi connectivity index (χ1) is 10.5. The molecule has 4 saturated carbocycles. The van der Waals surface area contributed by atoms with Crippen LogP contribution in [0.5, 0.6) is 0 Å². The number of hydrogen-bond acceptors (Lipinski definition) is 2. The third-order valence-corrected chi connectivity index (χ3v) is 8.61. The van der Waals surface area contributed by atoms with Crippen LogP contribution in [0.25, 0.3) is 0 Å². The van der Waals surface area contributed by atoms with Gasteiger partial charge in [0, 0.05) is 18.9 Å². The molecule has 4 aliphatic carbocycles. The molecule has 0 amide bonds. The minimum atomic E-state index is 0.0275. The second kappa shape index (κ2) is 5.06. The van der Waals surface area contributed by atoms with Crippen molar-refractivity contribution in [2.45, 2.75) is 77.7 Å². The molecule has 22 heavy (non-hydrogen) atoms. The topological polar surface area (TPSA) is 26.3 Å². The molecule has 0 heterocycles. The van der Waals surface area contributed by atoms with Gasteiger partial charge in [0.05, 0.1) is 6.10 Å². The molecular formula is C20H32O2. The summed E-state index contributed by atoms with van der Waals surface area (Å²) in [6.07, 6.45) is 11.6. The maximum Gasteiger partial charge on any atom is 0.139 e. The standard InChI is InChI=1S/C20H32O2/c1-19-11-10-17-15(16(19)8-9-18(19)21)7-5-13-4-6-14(22-3)12-20(13,17)2/h13-17H,4-12H2,1-3H3. The summed E-state index contributed by atoms with van der Waals surface area (Å²) in [7, 11) is 1.89. The van der Waals surface area contributed by atoms with Gasteiger partial charge < -0.3 is 4.74 Å². The van der Waals surface area contributed by atoms with Crippen molar-refractivity contribution in [3.8, 4) is 0 Å². The highest BCUT2D eigenvalue weighted by molar-refractivity contribution is 5.87. The molecule has 0 spiro atoms. The molecule has 0 aromatic heterocycles. The molecule has 0 aromatic rings. The van der Waals surface area contributed by atoms with Crippen LogP contribution in [0.15, 0.2) is 0 Å². The molecule has 0 radical (unpaired) electrons. The van der Waals surface area contributed by atoms with Crippen LogP contribution in [0.4, 0.5) is 0 Å². The number of carbonyl (C=O) groups excluding carboxylic acids is 1. The van der Waals surface area contributed by atoms with E-state index in [-0.39, 0.29) is 5.41 Å². The fourth-order valence-corrected chi connectivity index (χ4v) is 7.28. The van der Waals surface area contributed by atoms with E-state index in [9.17, 15) is 4.79 Å². The van der Waals surface area contributed by atoms with E-state index < -0.39 is 0 Å². The highest BCUT2D eigenvalue weighted by Gasteiger charge is 2.60. The van der Waals surface area contributed by atoms with Crippen LogP contribution >= 0.6 is 0 Å². The van der Waals surface area contributed by atoms with E-state index in [4.69, 9.17) is 4.74 Å². The van der Waals surface area contributed by atoms with Gasteiger partial charge in [0.2, 0.25) is 0 Å². The highest BCUT2D eigenvalue weighted by Crippen LogP contribution is 2.65. The van der Waals surface area contributed by atoms with Crippen molar-refractivity contribution < 1.29 is 9.53 Å². The van der Waals surface area contributed by atoms with Gasteiger partial charge in [-0.05, 0) is 80.5 Å². The molecule has 7 unspecified atom stereocenters. The molecule has 2 heteroatoms. The lowest BCUT2D eigenvalue weighted by Gasteiger charge is -2.60. The molecule has 7 atom stereocenters. The van der Waals surface area contributed by atoms with Crippen LogP contribution in [0.2, 0.25) is 0 Å². The average Bonchev–Trinajstić information content (AvgIpc) is 2.81. The number of carbonyl (C=O) groups is 1. The van der Waals surface area contributed by atoms with Gasteiger partial charge in [-0.2, -0.15) is 0 Å². The highest BCUT2D eigenvalue weighted by atomic mass is 16.5. The largest absolute Gasteiger partial charge is 0.381 e. The molecule has 2 nitrogen and oxygen atoms in total. The summed E-state index contributed by atoms with van der Waals surface area (Å²) >= 11 is 0. The summed E-state index contributed by atoms with van der Waals surface area (Å²) in [5, 5.41) is 0. The number of methoxy groups -OCH3 is 1. The number of Topliss-reactive ketones (excluding diaryl/α,β-unsaturated/α-hetero) is 1. The van der Waals surface area contributed by atoms with E-state index in [1.807, 2.05) is 7.11 Å². The number of ether oxygens (including phenoxy) is 1. The Labute approximate surface area is 135 Å². The zero-order valence-corrected chi connectivity index (χ0v) is 14.6. The second-order valence-corrected chi connectivity index (χ2v) is 9.21. The third kappa shape index (κ3) is 1.92. The summed E-state index contributed by atoms with van der Waals surface area (Å²) in [6.45, 7) is 4.86. The van der Waals surface area contributed by atoms with E-state index in [1.54, 1.807) is 0 Å². The van der Waals surface area contributed by atoms with Crippen molar-refractivity contribution in [2.24, 2.45) is 34.5 Å². The van der Waals surface area contributed by atoms with Gasteiger partial charge in [-0.15, -0.1) is 0 Å². The van der Waals surface area contributed by atoms with Crippen LogP contribution in [-0.4, -0.2) is 19.0 Å². The van der Waals surface area contributed by atoms with Gasteiger partial charge in [-0.1, -0.05) is 13.8 Å². The summed E-state index contributed by atoms with van der Waals surface area (Å²) in [6, 6.07) is 0. The zero-order valence-electron chi connectivity index (χ0n) is 14.6. The normalized spacial score (nSPS) is 54.5. The van der Waals surface area contributed by atoms with Gasteiger partial charge in [-0.3, -0.25) is 4.79 Å². The molecule has 4 rings (SSSR count). The Morgan fingerprint density at radius 3 is 2.55 bits per heavy atom. The Hall–Kier alpha value is -0.370. The van der Waals surface area contributed by atoms with Gasteiger partial charge in [0.15, 0.2) is 0 Å². The summed E-state index contributed by atoms with van der Waals surface area (Å²) in [4.78, 5) is 12.4. The lowest BCUT2D eigenvalue weighted by molar-refractivity contribution is -0.145. The molecular weight excluding hydrogens is 272 g/mol. The van der Waals surface area contributed by atoms with Crippen molar-refractivity contribution >= 4 is 5.78 Å². The lowest BCUT2D eigenvalue weighted by Crippen LogP contribution is -2.54. The Morgan fingerprint density at radius 1 is 1.00 bits per heavy atom. The molecule has 0 aromatic carbocycles. The summed E-state index contributed by atoms with van der Waals surface area (Å²) in [5.74, 6) is 3.80. The predicted molar refractivity (Wildman–Crippen MR) is 87.5 cm³/mol. The van der Waals surface area contributed by atoms with Crippen LogP contribution in [-0.2, 0) is 9.53 Å². The molecule has 0 bridgehead atoms. The first-order valence-corrected chi connectivity index (χ1v) is 9.55. The third-order valence-electron chi connectivity index (χ3n) is 8.61. The van der Waals surface area contributed by atoms with Crippen LogP contribution in [0, 0.1) is 34.5 Å². The number of fused-ring (bicyclic) bond motifs is 5. The van der Waals surface area contributed by atoms with Gasteiger partial charge >= 0.3 is 0 Å². The van der Waals surface area contributed by atoms with E-state index in [0.717, 1.165) is 30.6 Å². The Balaban J connectivity index is 1.63. The Morgan fingerprint density at radius 2 is 1.77 bits per heavy atom. The predicted octanol–water partition coefficient (Wildman–Crippen LogP) is 4.61. The van der Waals surface area contributed by atoms with E-state index in [1.165, 1.54) is 44.9 Å². The first-order valence-electron chi connectivity index (χ1n) is 9.55. The number of ketones is 1. The van der Waals surface area contributed by atoms with Crippen LogP contribution in [0.1, 0.15) is 71.6 Å². The van der Waals surface area contributed by atoms with Crippen molar-refractivity contribution in [2.75, 3.05) is 7.11 Å². The molecule has 0 saturated heterocycles. The van der Waals surface area contributed by atoms with E-state index in [2.05, 4.69) is 13.8 Å². The van der Waals surface area contributed by atoms with Crippen LogP contribution < -0.4 is 0 Å². The van der Waals surface area contributed by atoms with Crippen molar-refractivity contribution in [3.05, 3.63) is 0 Å². The Bertz CT molecular complexity index is 472. The lowest BCUT2D eigenvalue weighted by atomic mass is 9.45. The maximum absolute atomic E-state index is 12.4. The fraction of sp³-hybridized carbons (Fsp3) is 0.950. The van der Waals surface area contributed by atoms with Crippen molar-refractivity contribution in [1.29, 1.82) is 0 Å². The van der Waals surface area contributed by atoms with Crippen molar-refractivity contribution in [3.63, 3.8) is 0 Å². The fourth-order valence-electron chi connectivity index (χ4n) is 7.28. The molecule has 124 valence electrons. The van der Waals surface area contributed by atoms with E-state index in [0.29, 0.717) is 23.2 Å². The van der Waals surface area contributed by atoms with Gasteiger partial charge in [0.1, 0.15) is 5.78 Å². The van der Waals surface area contributed by atoms with Gasteiger partial charge in [0.25, 0.3) is 0 Å². The summed E-state index contributed by atoms with van der Waals surface area (Å²) < 4.78 is 5.75. The number of hydrogen-bond donors (Lipinski definition) is 0. The number of rotatable bonds is 1. The first kappa shape index (κ1) is 15.2. The molecule has 4 aliphatic rings. The average molecular weight is 304 g/mol.